The summed E-state index contributed by atoms with van der Waals surface area (Å²) in [5, 5.41) is 3.62. The summed E-state index contributed by atoms with van der Waals surface area (Å²) in [5.41, 5.74) is 0.841. The van der Waals surface area contributed by atoms with Gasteiger partial charge in [0.1, 0.15) is 4.88 Å². The van der Waals surface area contributed by atoms with Crippen molar-refractivity contribution in [1.29, 1.82) is 0 Å². The number of esters is 1. The Morgan fingerprint density at radius 1 is 1.39 bits per heavy atom. The molecule has 1 aliphatic rings. The largest absolute Gasteiger partial charge is 0.465 e. The SMILES string of the molecule is COC(=O)c1sc(NC(=O)C2CCCC2)cc1C. The molecule has 4 nitrogen and oxygen atoms in total. The molecule has 1 aromatic rings. The van der Waals surface area contributed by atoms with E-state index >= 15 is 0 Å². The normalized spacial score (nSPS) is 15.7. The van der Waals surface area contributed by atoms with E-state index < -0.39 is 0 Å². The molecule has 1 aliphatic carbocycles. The summed E-state index contributed by atoms with van der Waals surface area (Å²) in [6.45, 7) is 1.84. The average molecular weight is 267 g/mol. The summed E-state index contributed by atoms with van der Waals surface area (Å²) in [6, 6.07) is 1.82. The fourth-order valence-corrected chi connectivity index (χ4v) is 3.24. The lowest BCUT2D eigenvalue weighted by Crippen LogP contribution is -2.19. The topological polar surface area (TPSA) is 55.4 Å². The third-order valence-corrected chi connectivity index (χ3v) is 4.39. The van der Waals surface area contributed by atoms with Gasteiger partial charge in [-0.15, -0.1) is 11.3 Å². The predicted octanol–water partition coefficient (Wildman–Crippen LogP) is 2.97. The fourth-order valence-electron chi connectivity index (χ4n) is 2.25. The molecule has 18 heavy (non-hydrogen) atoms. The summed E-state index contributed by atoms with van der Waals surface area (Å²) in [5.74, 6) is -0.141. The van der Waals surface area contributed by atoms with Crippen LogP contribution in [0.1, 0.15) is 40.9 Å². The number of hydrogen-bond donors (Lipinski definition) is 1. The Balaban J connectivity index is 2.05. The van der Waals surface area contributed by atoms with Gasteiger partial charge in [0.15, 0.2) is 0 Å². The van der Waals surface area contributed by atoms with Crippen molar-refractivity contribution >= 4 is 28.2 Å². The maximum absolute atomic E-state index is 12.0. The monoisotopic (exact) mass is 267 g/mol. The molecule has 0 aromatic carbocycles. The van der Waals surface area contributed by atoms with Gasteiger partial charge >= 0.3 is 5.97 Å². The minimum Gasteiger partial charge on any atom is -0.465 e. The van der Waals surface area contributed by atoms with E-state index in [1.165, 1.54) is 18.4 Å². The van der Waals surface area contributed by atoms with Crippen LogP contribution in [-0.2, 0) is 9.53 Å². The third-order valence-electron chi connectivity index (χ3n) is 3.26. The van der Waals surface area contributed by atoms with Gasteiger partial charge in [-0.1, -0.05) is 12.8 Å². The van der Waals surface area contributed by atoms with Gasteiger partial charge in [-0.3, -0.25) is 4.79 Å². The first kappa shape index (κ1) is 13.1. The Morgan fingerprint density at radius 3 is 2.67 bits per heavy atom. The van der Waals surface area contributed by atoms with E-state index in [1.807, 2.05) is 13.0 Å². The Bertz CT molecular complexity index is 461. The number of rotatable bonds is 3. The number of aryl methyl sites for hydroxylation is 1. The molecule has 0 unspecified atom stereocenters. The number of carbonyl (C=O) groups is 2. The second kappa shape index (κ2) is 5.52. The second-order valence-corrected chi connectivity index (χ2v) is 5.64. The van der Waals surface area contributed by atoms with Gasteiger partial charge in [0.2, 0.25) is 5.91 Å². The van der Waals surface area contributed by atoms with Gasteiger partial charge in [-0.05, 0) is 31.4 Å². The minimum atomic E-state index is -0.348. The van der Waals surface area contributed by atoms with Crippen LogP contribution in [0.3, 0.4) is 0 Å². The van der Waals surface area contributed by atoms with E-state index in [9.17, 15) is 9.59 Å². The Morgan fingerprint density at radius 2 is 2.06 bits per heavy atom. The fraction of sp³-hybridized carbons (Fsp3) is 0.538. The van der Waals surface area contributed by atoms with E-state index in [0.717, 1.165) is 36.2 Å². The Labute approximate surface area is 110 Å². The van der Waals surface area contributed by atoms with Crippen LogP contribution in [0, 0.1) is 12.8 Å². The summed E-state index contributed by atoms with van der Waals surface area (Å²) in [6.07, 6.45) is 4.21. The Kier molecular flexibility index (Phi) is 4.01. The van der Waals surface area contributed by atoms with Gasteiger partial charge < -0.3 is 10.1 Å². The average Bonchev–Trinajstić information content (AvgIpc) is 2.97. The van der Waals surface area contributed by atoms with Crippen LogP contribution >= 0.6 is 11.3 Å². The first-order valence-corrected chi connectivity index (χ1v) is 6.93. The zero-order valence-electron chi connectivity index (χ0n) is 10.6. The van der Waals surface area contributed by atoms with E-state index in [2.05, 4.69) is 5.32 Å². The molecule has 1 saturated carbocycles. The van der Waals surface area contributed by atoms with Crippen molar-refractivity contribution in [3.8, 4) is 0 Å². The molecule has 0 bridgehead atoms. The van der Waals surface area contributed by atoms with Crippen LogP contribution in [0.15, 0.2) is 6.07 Å². The van der Waals surface area contributed by atoms with E-state index in [4.69, 9.17) is 4.74 Å². The molecule has 1 amide bonds. The molecule has 1 fully saturated rings. The molecule has 1 aromatic heterocycles. The number of methoxy groups -OCH3 is 1. The molecule has 1 heterocycles. The highest BCUT2D eigenvalue weighted by molar-refractivity contribution is 7.18. The summed E-state index contributed by atoms with van der Waals surface area (Å²) >= 11 is 1.27. The number of carbonyl (C=O) groups excluding carboxylic acids is 2. The van der Waals surface area contributed by atoms with Crippen molar-refractivity contribution in [3.05, 3.63) is 16.5 Å². The second-order valence-electron chi connectivity index (χ2n) is 4.59. The zero-order chi connectivity index (χ0) is 13.1. The van der Waals surface area contributed by atoms with Gasteiger partial charge in [0.25, 0.3) is 0 Å². The summed E-state index contributed by atoms with van der Waals surface area (Å²) < 4.78 is 4.69. The van der Waals surface area contributed by atoms with E-state index in [0.29, 0.717) is 4.88 Å². The molecule has 1 N–H and O–H groups in total. The smallest absolute Gasteiger partial charge is 0.348 e. The highest BCUT2D eigenvalue weighted by Crippen LogP contribution is 2.30. The van der Waals surface area contributed by atoms with Gasteiger partial charge in [-0.25, -0.2) is 4.79 Å². The predicted molar refractivity (Wildman–Crippen MR) is 71.0 cm³/mol. The van der Waals surface area contributed by atoms with Crippen LogP contribution in [0.25, 0.3) is 0 Å². The molecule has 0 aliphatic heterocycles. The number of anilines is 1. The number of hydrogen-bond acceptors (Lipinski definition) is 4. The molecular formula is C13H17NO3S. The van der Waals surface area contributed by atoms with Gasteiger partial charge in [0.05, 0.1) is 12.1 Å². The zero-order valence-corrected chi connectivity index (χ0v) is 11.4. The maximum Gasteiger partial charge on any atom is 0.348 e. The van der Waals surface area contributed by atoms with E-state index in [1.54, 1.807) is 0 Å². The van der Waals surface area contributed by atoms with Crippen molar-refractivity contribution < 1.29 is 14.3 Å². The molecule has 0 spiro atoms. The number of nitrogens with one attached hydrogen (secondary N) is 1. The van der Waals surface area contributed by atoms with Crippen molar-refractivity contribution in [2.24, 2.45) is 5.92 Å². The summed E-state index contributed by atoms with van der Waals surface area (Å²) in [7, 11) is 1.36. The highest BCUT2D eigenvalue weighted by Gasteiger charge is 2.23. The van der Waals surface area contributed by atoms with Crippen LogP contribution in [-0.4, -0.2) is 19.0 Å². The number of amides is 1. The molecule has 5 heteroatoms. The van der Waals surface area contributed by atoms with Crippen molar-refractivity contribution in [2.45, 2.75) is 32.6 Å². The Hall–Kier alpha value is -1.36. The summed E-state index contributed by atoms with van der Waals surface area (Å²) in [4.78, 5) is 24.0. The van der Waals surface area contributed by atoms with Crippen molar-refractivity contribution in [2.75, 3.05) is 12.4 Å². The molecule has 0 atom stereocenters. The molecule has 0 saturated heterocycles. The molecule has 0 radical (unpaired) electrons. The maximum atomic E-state index is 12.0. The number of thiophene rings is 1. The number of ether oxygens (including phenoxy) is 1. The van der Waals surface area contributed by atoms with Crippen LogP contribution in [0.5, 0.6) is 0 Å². The van der Waals surface area contributed by atoms with Crippen LogP contribution < -0.4 is 5.32 Å². The van der Waals surface area contributed by atoms with Crippen LogP contribution in [0.4, 0.5) is 5.00 Å². The minimum absolute atomic E-state index is 0.0742. The quantitative estimate of drug-likeness (QED) is 0.857. The van der Waals surface area contributed by atoms with Crippen molar-refractivity contribution in [1.82, 2.24) is 0 Å². The molecule has 2 rings (SSSR count). The van der Waals surface area contributed by atoms with Crippen molar-refractivity contribution in [3.63, 3.8) is 0 Å². The first-order valence-electron chi connectivity index (χ1n) is 6.11. The van der Waals surface area contributed by atoms with Gasteiger partial charge in [-0.2, -0.15) is 0 Å². The standard InChI is InChI=1S/C13H17NO3S/c1-8-7-10(18-11(8)13(16)17-2)14-12(15)9-5-3-4-6-9/h7,9H,3-6H2,1-2H3,(H,14,15). The highest BCUT2D eigenvalue weighted by atomic mass is 32.1. The molecule has 98 valence electrons. The van der Waals surface area contributed by atoms with E-state index in [-0.39, 0.29) is 17.8 Å². The lowest BCUT2D eigenvalue weighted by Gasteiger charge is -2.07. The first-order chi connectivity index (χ1) is 8.61. The lowest BCUT2D eigenvalue weighted by atomic mass is 10.1. The van der Waals surface area contributed by atoms with Crippen LogP contribution in [0.2, 0.25) is 0 Å². The van der Waals surface area contributed by atoms with Gasteiger partial charge in [0, 0.05) is 5.92 Å². The lowest BCUT2D eigenvalue weighted by molar-refractivity contribution is -0.119. The molecular weight excluding hydrogens is 250 g/mol. The third kappa shape index (κ3) is 2.72.